The Hall–Kier alpha value is -0.860. The molecule has 0 saturated carbocycles. The standard InChI is InChI=1S/C10H13NO/c12-10(9-6-7-11-9)8-4-2-1-3-5-8/h1-5,9-12H,6-7H2/t9?,10-/m1/s1. The number of hydrogen-bond acceptors (Lipinski definition) is 2. The minimum Gasteiger partial charge on any atom is -0.387 e. The van der Waals surface area contributed by atoms with Gasteiger partial charge in [0, 0.05) is 6.04 Å². The molecule has 0 spiro atoms. The quantitative estimate of drug-likeness (QED) is 0.683. The van der Waals surface area contributed by atoms with Crippen molar-refractivity contribution in [3.8, 4) is 0 Å². The summed E-state index contributed by atoms with van der Waals surface area (Å²) in [5, 5.41) is 13.0. The van der Waals surface area contributed by atoms with E-state index < -0.39 is 0 Å². The first kappa shape index (κ1) is 7.77. The third kappa shape index (κ3) is 1.36. The molecule has 2 rings (SSSR count). The molecular formula is C10H13NO. The van der Waals surface area contributed by atoms with E-state index in [1.807, 2.05) is 30.3 Å². The molecule has 0 amide bonds. The van der Waals surface area contributed by atoms with Crippen molar-refractivity contribution >= 4 is 0 Å². The Labute approximate surface area is 72.2 Å². The zero-order valence-electron chi connectivity index (χ0n) is 6.90. The minimum atomic E-state index is -0.333. The monoisotopic (exact) mass is 163 g/mol. The van der Waals surface area contributed by atoms with Gasteiger partial charge in [0.25, 0.3) is 0 Å². The first-order valence-corrected chi connectivity index (χ1v) is 4.34. The maximum atomic E-state index is 9.78. The van der Waals surface area contributed by atoms with Crippen LogP contribution in [0.2, 0.25) is 0 Å². The fourth-order valence-corrected chi connectivity index (χ4v) is 1.46. The zero-order valence-corrected chi connectivity index (χ0v) is 6.90. The molecule has 1 fully saturated rings. The average Bonchev–Trinajstić information content (AvgIpc) is 2.03. The fourth-order valence-electron chi connectivity index (χ4n) is 1.46. The first-order chi connectivity index (χ1) is 5.88. The van der Waals surface area contributed by atoms with Gasteiger partial charge in [-0.3, -0.25) is 0 Å². The lowest BCUT2D eigenvalue weighted by Gasteiger charge is -2.32. The lowest BCUT2D eigenvalue weighted by Crippen LogP contribution is -2.46. The number of aliphatic hydroxyl groups is 1. The normalized spacial score (nSPS) is 24.6. The summed E-state index contributed by atoms with van der Waals surface area (Å²) in [6.45, 7) is 1.04. The van der Waals surface area contributed by atoms with Crippen LogP contribution in [0.1, 0.15) is 18.1 Å². The maximum absolute atomic E-state index is 9.78. The molecule has 1 aliphatic heterocycles. The Balaban J connectivity index is 2.08. The van der Waals surface area contributed by atoms with Gasteiger partial charge in [0.1, 0.15) is 0 Å². The van der Waals surface area contributed by atoms with Gasteiger partial charge in [-0.2, -0.15) is 0 Å². The van der Waals surface area contributed by atoms with Gasteiger partial charge in [0.05, 0.1) is 6.10 Å². The van der Waals surface area contributed by atoms with Gasteiger partial charge < -0.3 is 10.4 Å². The van der Waals surface area contributed by atoms with E-state index in [-0.39, 0.29) is 12.1 Å². The van der Waals surface area contributed by atoms with Crippen LogP contribution in [-0.2, 0) is 0 Å². The van der Waals surface area contributed by atoms with Crippen molar-refractivity contribution in [1.29, 1.82) is 0 Å². The summed E-state index contributed by atoms with van der Waals surface area (Å²) < 4.78 is 0. The Morgan fingerprint density at radius 1 is 1.33 bits per heavy atom. The van der Waals surface area contributed by atoms with Crippen LogP contribution in [0.4, 0.5) is 0 Å². The van der Waals surface area contributed by atoms with Crippen molar-refractivity contribution in [2.24, 2.45) is 0 Å². The molecule has 2 nitrogen and oxygen atoms in total. The fraction of sp³-hybridized carbons (Fsp3) is 0.400. The second kappa shape index (κ2) is 3.25. The molecule has 1 unspecified atom stereocenters. The molecule has 1 saturated heterocycles. The van der Waals surface area contributed by atoms with E-state index in [1.54, 1.807) is 0 Å². The molecule has 0 aliphatic carbocycles. The molecule has 12 heavy (non-hydrogen) atoms. The van der Waals surface area contributed by atoms with Crippen LogP contribution in [0.3, 0.4) is 0 Å². The topological polar surface area (TPSA) is 32.3 Å². The van der Waals surface area contributed by atoms with Crippen LogP contribution in [-0.4, -0.2) is 17.7 Å². The van der Waals surface area contributed by atoms with Crippen molar-refractivity contribution < 1.29 is 5.11 Å². The highest BCUT2D eigenvalue weighted by Gasteiger charge is 2.25. The maximum Gasteiger partial charge on any atom is 0.0943 e. The number of benzene rings is 1. The summed E-state index contributed by atoms with van der Waals surface area (Å²) in [6, 6.07) is 10.1. The SMILES string of the molecule is O[C@H](c1ccccc1)C1CCN1. The van der Waals surface area contributed by atoms with Crippen LogP contribution in [0.25, 0.3) is 0 Å². The summed E-state index contributed by atoms with van der Waals surface area (Å²) in [4.78, 5) is 0. The number of hydrogen-bond donors (Lipinski definition) is 2. The van der Waals surface area contributed by atoms with E-state index in [0.717, 1.165) is 18.5 Å². The molecule has 1 aromatic rings. The average molecular weight is 163 g/mol. The molecule has 0 aromatic heterocycles. The lowest BCUT2D eigenvalue weighted by atomic mass is 9.95. The Bertz CT molecular complexity index is 243. The molecule has 64 valence electrons. The van der Waals surface area contributed by atoms with E-state index >= 15 is 0 Å². The second-order valence-corrected chi connectivity index (χ2v) is 3.20. The molecule has 0 bridgehead atoms. The molecule has 1 heterocycles. The summed E-state index contributed by atoms with van der Waals surface area (Å²) in [6.07, 6.45) is 0.746. The lowest BCUT2D eigenvalue weighted by molar-refractivity contribution is 0.0957. The molecular weight excluding hydrogens is 150 g/mol. The molecule has 2 heteroatoms. The largest absolute Gasteiger partial charge is 0.387 e. The van der Waals surface area contributed by atoms with Crippen LogP contribution in [0.15, 0.2) is 30.3 Å². The van der Waals surface area contributed by atoms with Gasteiger partial charge in [-0.1, -0.05) is 30.3 Å². The van der Waals surface area contributed by atoms with Crippen LogP contribution in [0, 0.1) is 0 Å². The van der Waals surface area contributed by atoms with E-state index in [2.05, 4.69) is 5.32 Å². The summed E-state index contributed by atoms with van der Waals surface area (Å²) in [5.74, 6) is 0. The minimum absolute atomic E-state index is 0.271. The number of nitrogens with one attached hydrogen (secondary N) is 1. The molecule has 2 N–H and O–H groups in total. The van der Waals surface area contributed by atoms with Crippen LogP contribution < -0.4 is 5.32 Å². The smallest absolute Gasteiger partial charge is 0.0943 e. The van der Waals surface area contributed by atoms with Crippen LogP contribution >= 0.6 is 0 Å². The van der Waals surface area contributed by atoms with Crippen molar-refractivity contribution in [3.63, 3.8) is 0 Å². The third-order valence-electron chi connectivity index (χ3n) is 2.38. The van der Waals surface area contributed by atoms with Gasteiger partial charge in [0.2, 0.25) is 0 Å². The predicted molar refractivity (Wildman–Crippen MR) is 47.8 cm³/mol. The van der Waals surface area contributed by atoms with E-state index in [1.165, 1.54) is 0 Å². The predicted octanol–water partition coefficient (Wildman–Crippen LogP) is 1.08. The Morgan fingerprint density at radius 2 is 2.00 bits per heavy atom. The van der Waals surface area contributed by atoms with Crippen molar-refractivity contribution in [3.05, 3.63) is 35.9 Å². The second-order valence-electron chi connectivity index (χ2n) is 3.20. The van der Waals surface area contributed by atoms with E-state index in [0.29, 0.717) is 0 Å². The molecule has 1 aliphatic rings. The number of aliphatic hydroxyl groups excluding tert-OH is 1. The van der Waals surface area contributed by atoms with Crippen molar-refractivity contribution in [1.82, 2.24) is 5.32 Å². The summed E-state index contributed by atoms with van der Waals surface area (Å²) in [7, 11) is 0. The van der Waals surface area contributed by atoms with Gasteiger partial charge in [-0.25, -0.2) is 0 Å². The van der Waals surface area contributed by atoms with Gasteiger partial charge >= 0.3 is 0 Å². The van der Waals surface area contributed by atoms with E-state index in [9.17, 15) is 5.11 Å². The van der Waals surface area contributed by atoms with Crippen LogP contribution in [0.5, 0.6) is 0 Å². The summed E-state index contributed by atoms with van der Waals surface area (Å²) >= 11 is 0. The van der Waals surface area contributed by atoms with Crippen molar-refractivity contribution in [2.75, 3.05) is 6.54 Å². The molecule has 1 aromatic carbocycles. The van der Waals surface area contributed by atoms with E-state index in [4.69, 9.17) is 0 Å². The van der Waals surface area contributed by atoms with Gasteiger partial charge in [-0.15, -0.1) is 0 Å². The molecule has 2 atom stereocenters. The van der Waals surface area contributed by atoms with Gasteiger partial charge in [0.15, 0.2) is 0 Å². The highest BCUT2D eigenvalue weighted by Crippen LogP contribution is 2.21. The Kier molecular flexibility index (Phi) is 2.11. The molecule has 0 radical (unpaired) electrons. The van der Waals surface area contributed by atoms with Gasteiger partial charge in [-0.05, 0) is 18.5 Å². The highest BCUT2D eigenvalue weighted by molar-refractivity contribution is 5.19. The highest BCUT2D eigenvalue weighted by atomic mass is 16.3. The summed E-state index contributed by atoms with van der Waals surface area (Å²) in [5.41, 5.74) is 1.01. The zero-order chi connectivity index (χ0) is 8.39. The number of rotatable bonds is 2. The van der Waals surface area contributed by atoms with Crippen molar-refractivity contribution in [2.45, 2.75) is 18.6 Å². The third-order valence-corrected chi connectivity index (χ3v) is 2.38. The Morgan fingerprint density at radius 3 is 2.50 bits per heavy atom. The first-order valence-electron chi connectivity index (χ1n) is 4.34.